The standard InChI is InChI=1S/C18H20ClNO2/c1-13(15-8-5-4-6-9-15)20(3)18(21)14(2)22-17-11-7-10-16(19)12-17/h4-14H,1-3H3. The molecule has 0 aromatic heterocycles. The molecule has 4 heteroatoms. The van der Waals surface area contributed by atoms with Gasteiger partial charge in [0.1, 0.15) is 5.75 Å². The summed E-state index contributed by atoms with van der Waals surface area (Å²) in [4.78, 5) is 14.2. The molecule has 2 aromatic carbocycles. The predicted molar refractivity (Wildman–Crippen MR) is 89.2 cm³/mol. The fourth-order valence-corrected chi connectivity index (χ4v) is 2.41. The maximum Gasteiger partial charge on any atom is 0.263 e. The van der Waals surface area contributed by atoms with Gasteiger partial charge >= 0.3 is 0 Å². The Hall–Kier alpha value is -2.00. The second-order valence-electron chi connectivity index (χ2n) is 5.25. The van der Waals surface area contributed by atoms with Crippen molar-refractivity contribution in [3.05, 3.63) is 65.2 Å². The third-order valence-electron chi connectivity index (χ3n) is 3.67. The van der Waals surface area contributed by atoms with Crippen LogP contribution in [-0.2, 0) is 4.79 Å². The molecule has 0 aliphatic heterocycles. The van der Waals surface area contributed by atoms with E-state index in [-0.39, 0.29) is 11.9 Å². The number of amides is 1. The summed E-state index contributed by atoms with van der Waals surface area (Å²) in [7, 11) is 1.79. The van der Waals surface area contributed by atoms with Gasteiger partial charge in [0.15, 0.2) is 6.10 Å². The first-order valence-electron chi connectivity index (χ1n) is 7.23. The van der Waals surface area contributed by atoms with Crippen molar-refractivity contribution in [3.63, 3.8) is 0 Å². The predicted octanol–water partition coefficient (Wildman–Crippen LogP) is 4.33. The van der Waals surface area contributed by atoms with Crippen molar-refractivity contribution >= 4 is 17.5 Å². The van der Waals surface area contributed by atoms with Gasteiger partial charge in [-0.05, 0) is 37.6 Å². The molecule has 0 saturated heterocycles. The Morgan fingerprint density at radius 3 is 2.41 bits per heavy atom. The highest BCUT2D eigenvalue weighted by molar-refractivity contribution is 6.30. The molecule has 0 aliphatic rings. The number of likely N-dealkylation sites (N-methyl/N-ethyl adjacent to an activating group) is 1. The zero-order chi connectivity index (χ0) is 16.1. The van der Waals surface area contributed by atoms with Crippen LogP contribution in [-0.4, -0.2) is 24.0 Å². The molecule has 116 valence electrons. The second-order valence-corrected chi connectivity index (χ2v) is 5.69. The molecule has 3 nitrogen and oxygen atoms in total. The summed E-state index contributed by atoms with van der Waals surface area (Å²) >= 11 is 5.93. The van der Waals surface area contributed by atoms with Crippen molar-refractivity contribution in [2.45, 2.75) is 26.0 Å². The highest BCUT2D eigenvalue weighted by Crippen LogP contribution is 2.22. The van der Waals surface area contributed by atoms with Crippen molar-refractivity contribution in [3.8, 4) is 5.75 Å². The van der Waals surface area contributed by atoms with Crippen LogP contribution in [0.25, 0.3) is 0 Å². The molecule has 0 N–H and O–H groups in total. The molecule has 0 radical (unpaired) electrons. The number of nitrogens with zero attached hydrogens (tertiary/aromatic N) is 1. The minimum Gasteiger partial charge on any atom is -0.481 e. The van der Waals surface area contributed by atoms with Crippen LogP contribution < -0.4 is 4.74 Å². The van der Waals surface area contributed by atoms with Gasteiger partial charge < -0.3 is 9.64 Å². The third-order valence-corrected chi connectivity index (χ3v) is 3.90. The molecule has 2 atom stereocenters. The lowest BCUT2D eigenvalue weighted by Gasteiger charge is -2.28. The van der Waals surface area contributed by atoms with Crippen LogP contribution >= 0.6 is 11.6 Å². The summed E-state index contributed by atoms with van der Waals surface area (Å²) in [6, 6.07) is 17.0. The van der Waals surface area contributed by atoms with Gasteiger partial charge in [-0.1, -0.05) is 48.0 Å². The first-order valence-corrected chi connectivity index (χ1v) is 7.60. The first-order chi connectivity index (χ1) is 10.5. The van der Waals surface area contributed by atoms with Gasteiger partial charge in [-0.2, -0.15) is 0 Å². The summed E-state index contributed by atoms with van der Waals surface area (Å²) in [5, 5.41) is 0.586. The second kappa shape index (κ2) is 7.32. The Morgan fingerprint density at radius 1 is 1.09 bits per heavy atom. The Labute approximate surface area is 136 Å². The Bertz CT molecular complexity index is 630. The molecular weight excluding hydrogens is 298 g/mol. The van der Waals surface area contributed by atoms with E-state index in [2.05, 4.69) is 0 Å². The molecule has 2 unspecified atom stereocenters. The molecule has 2 rings (SSSR count). The highest BCUT2D eigenvalue weighted by atomic mass is 35.5. The molecular formula is C18H20ClNO2. The average molecular weight is 318 g/mol. The fourth-order valence-electron chi connectivity index (χ4n) is 2.23. The summed E-state index contributed by atoms with van der Waals surface area (Å²) in [6.45, 7) is 3.75. The van der Waals surface area contributed by atoms with E-state index in [9.17, 15) is 4.79 Å². The van der Waals surface area contributed by atoms with Gasteiger partial charge in [0.25, 0.3) is 5.91 Å². The SMILES string of the molecule is CC(Oc1cccc(Cl)c1)C(=O)N(C)C(C)c1ccccc1. The van der Waals surface area contributed by atoms with E-state index < -0.39 is 6.10 Å². The molecule has 0 fully saturated rings. The van der Waals surface area contributed by atoms with E-state index in [0.717, 1.165) is 5.56 Å². The van der Waals surface area contributed by atoms with Gasteiger partial charge in [-0.25, -0.2) is 0 Å². The van der Waals surface area contributed by atoms with Crippen LogP contribution in [0.5, 0.6) is 5.75 Å². The van der Waals surface area contributed by atoms with E-state index in [1.165, 1.54) is 0 Å². The van der Waals surface area contributed by atoms with E-state index in [1.54, 1.807) is 43.1 Å². The number of benzene rings is 2. The zero-order valence-corrected chi connectivity index (χ0v) is 13.7. The lowest BCUT2D eigenvalue weighted by molar-refractivity contribution is -0.138. The number of hydrogen-bond acceptors (Lipinski definition) is 2. The summed E-state index contributed by atoms with van der Waals surface area (Å²) in [6.07, 6.45) is -0.574. The van der Waals surface area contributed by atoms with Gasteiger partial charge in [0.05, 0.1) is 6.04 Å². The number of hydrogen-bond donors (Lipinski definition) is 0. The van der Waals surface area contributed by atoms with Crippen molar-refractivity contribution < 1.29 is 9.53 Å². The molecule has 1 amide bonds. The maximum atomic E-state index is 12.5. The zero-order valence-electron chi connectivity index (χ0n) is 13.0. The number of ether oxygens (including phenoxy) is 1. The van der Waals surface area contributed by atoms with Crippen molar-refractivity contribution in [1.82, 2.24) is 4.90 Å². The van der Waals surface area contributed by atoms with Crippen LogP contribution in [0.15, 0.2) is 54.6 Å². The average Bonchev–Trinajstić information content (AvgIpc) is 2.53. The normalized spacial score (nSPS) is 13.3. The number of carbonyl (C=O) groups excluding carboxylic acids is 1. The van der Waals surface area contributed by atoms with Gasteiger partial charge in [-0.3, -0.25) is 4.79 Å². The Balaban J connectivity index is 2.03. The van der Waals surface area contributed by atoms with Gasteiger partial charge in [-0.15, -0.1) is 0 Å². The largest absolute Gasteiger partial charge is 0.481 e. The van der Waals surface area contributed by atoms with E-state index in [0.29, 0.717) is 10.8 Å². The molecule has 2 aromatic rings. The van der Waals surface area contributed by atoms with E-state index >= 15 is 0 Å². The molecule has 0 saturated carbocycles. The van der Waals surface area contributed by atoms with Crippen LogP contribution in [0.4, 0.5) is 0 Å². The number of halogens is 1. The number of rotatable bonds is 5. The highest BCUT2D eigenvalue weighted by Gasteiger charge is 2.23. The molecule has 0 bridgehead atoms. The lowest BCUT2D eigenvalue weighted by atomic mass is 10.1. The third kappa shape index (κ3) is 4.01. The summed E-state index contributed by atoms with van der Waals surface area (Å²) < 4.78 is 5.69. The monoisotopic (exact) mass is 317 g/mol. The van der Waals surface area contributed by atoms with Crippen molar-refractivity contribution in [2.24, 2.45) is 0 Å². The van der Waals surface area contributed by atoms with Gasteiger partial charge in [0.2, 0.25) is 0 Å². The van der Waals surface area contributed by atoms with E-state index in [1.807, 2.05) is 37.3 Å². The molecule has 0 heterocycles. The maximum absolute atomic E-state index is 12.5. The molecule has 0 aliphatic carbocycles. The number of carbonyl (C=O) groups is 1. The van der Waals surface area contributed by atoms with Crippen molar-refractivity contribution in [2.75, 3.05) is 7.05 Å². The summed E-state index contributed by atoms with van der Waals surface area (Å²) in [5.74, 6) is 0.519. The van der Waals surface area contributed by atoms with Crippen LogP contribution in [0.3, 0.4) is 0 Å². The van der Waals surface area contributed by atoms with Crippen molar-refractivity contribution in [1.29, 1.82) is 0 Å². The Kier molecular flexibility index (Phi) is 5.45. The lowest BCUT2D eigenvalue weighted by Crippen LogP contribution is -2.39. The topological polar surface area (TPSA) is 29.5 Å². The van der Waals surface area contributed by atoms with Gasteiger partial charge in [0, 0.05) is 12.1 Å². The quantitative estimate of drug-likeness (QED) is 0.821. The minimum atomic E-state index is -0.574. The molecule has 0 spiro atoms. The van der Waals surface area contributed by atoms with E-state index in [4.69, 9.17) is 16.3 Å². The fraction of sp³-hybridized carbons (Fsp3) is 0.278. The smallest absolute Gasteiger partial charge is 0.263 e. The Morgan fingerprint density at radius 2 is 1.77 bits per heavy atom. The summed E-state index contributed by atoms with van der Waals surface area (Å²) in [5.41, 5.74) is 1.09. The first kappa shape index (κ1) is 16.4. The molecule has 22 heavy (non-hydrogen) atoms. The van der Waals surface area contributed by atoms with Crippen LogP contribution in [0.1, 0.15) is 25.5 Å². The minimum absolute atomic E-state index is 0.0147. The van der Waals surface area contributed by atoms with Crippen LogP contribution in [0.2, 0.25) is 5.02 Å². The van der Waals surface area contributed by atoms with Crippen LogP contribution in [0, 0.1) is 0 Å².